The number of pyridine rings is 1. The molecule has 0 atom stereocenters. The van der Waals surface area contributed by atoms with Gasteiger partial charge in [-0.2, -0.15) is 0 Å². The third-order valence-corrected chi connectivity index (χ3v) is 7.95. The summed E-state index contributed by atoms with van der Waals surface area (Å²) in [6, 6.07) is 11.9. The molecule has 0 spiro atoms. The summed E-state index contributed by atoms with van der Waals surface area (Å²) >= 11 is 1.32. The number of carbonyl (C=O) groups excluding carboxylic acids is 1. The Balaban J connectivity index is 1.18. The minimum Gasteiger partial charge on any atom is -0.493 e. The van der Waals surface area contributed by atoms with Gasteiger partial charge in [0.2, 0.25) is 5.91 Å². The van der Waals surface area contributed by atoms with Crippen LogP contribution in [0.3, 0.4) is 0 Å². The number of anilines is 2. The minimum atomic E-state index is -0.528. The molecule has 1 N–H and O–H groups in total. The lowest BCUT2D eigenvalue weighted by molar-refractivity contribution is -0.127. The maximum atomic E-state index is 15.3. The number of hydrogen-bond donors (Lipinski definition) is 1. The van der Waals surface area contributed by atoms with Crippen molar-refractivity contribution in [2.24, 2.45) is 0 Å². The van der Waals surface area contributed by atoms with Gasteiger partial charge in [-0.05, 0) is 43.3 Å². The Kier molecular flexibility index (Phi) is 8.33. The Morgan fingerprint density at radius 2 is 1.95 bits per heavy atom. The molecule has 1 saturated heterocycles. The maximum absolute atomic E-state index is 15.3. The van der Waals surface area contributed by atoms with E-state index >= 15 is 4.39 Å². The monoisotopic (exact) mass is 612 g/mol. The molecular weight excluding hydrogens is 583 g/mol. The molecule has 0 bridgehead atoms. The van der Waals surface area contributed by atoms with Crippen LogP contribution in [0, 0.1) is 12.7 Å². The highest BCUT2D eigenvalue weighted by Crippen LogP contribution is 2.37. The summed E-state index contributed by atoms with van der Waals surface area (Å²) in [6.45, 7) is 6.64. The van der Waals surface area contributed by atoms with E-state index < -0.39 is 5.82 Å². The molecule has 1 amide bonds. The van der Waals surface area contributed by atoms with Gasteiger partial charge in [-0.15, -0.1) is 0 Å². The number of ether oxygens (including phenoxy) is 3. The molecule has 5 aromatic rings. The molecule has 1 aliphatic heterocycles. The van der Waals surface area contributed by atoms with Crippen molar-refractivity contribution in [3.8, 4) is 33.7 Å². The number of nitrogens with one attached hydrogen (secondary N) is 1. The van der Waals surface area contributed by atoms with E-state index in [1.165, 1.54) is 29.8 Å². The first-order valence-corrected chi connectivity index (χ1v) is 14.8. The third-order valence-electron chi connectivity index (χ3n) is 7.23. The highest BCUT2D eigenvalue weighted by Gasteiger charge is 2.24. The number of fused-ring (bicyclic) bond motifs is 1. The van der Waals surface area contributed by atoms with E-state index in [-0.39, 0.29) is 17.7 Å². The van der Waals surface area contributed by atoms with Crippen LogP contribution in [0.5, 0.6) is 22.4 Å². The number of thiazole rings is 1. The van der Waals surface area contributed by atoms with Crippen molar-refractivity contribution < 1.29 is 23.4 Å². The van der Waals surface area contributed by atoms with Gasteiger partial charge in [0.1, 0.15) is 29.8 Å². The average molecular weight is 613 g/mol. The van der Waals surface area contributed by atoms with Crippen LogP contribution in [0.25, 0.3) is 22.2 Å². The molecule has 44 heavy (non-hydrogen) atoms. The summed E-state index contributed by atoms with van der Waals surface area (Å²) in [4.78, 5) is 31.2. The summed E-state index contributed by atoms with van der Waals surface area (Å²) in [5.41, 5.74) is 3.34. The average Bonchev–Trinajstić information content (AvgIpc) is 3.51. The van der Waals surface area contributed by atoms with E-state index in [9.17, 15) is 4.79 Å². The van der Waals surface area contributed by atoms with Gasteiger partial charge in [-0.25, -0.2) is 19.3 Å². The van der Waals surface area contributed by atoms with E-state index in [1.54, 1.807) is 42.5 Å². The quantitative estimate of drug-likeness (QED) is 0.182. The number of aryl methyl sites for hydroxylation is 1. The number of hydrogen-bond acceptors (Lipinski definition) is 10. The fourth-order valence-electron chi connectivity index (χ4n) is 4.86. The van der Waals surface area contributed by atoms with Crippen molar-refractivity contribution in [3.63, 3.8) is 0 Å². The molecule has 3 aromatic heterocycles. The molecule has 0 aliphatic carbocycles. The van der Waals surface area contributed by atoms with Crippen molar-refractivity contribution in [2.45, 2.75) is 25.9 Å². The van der Waals surface area contributed by atoms with Gasteiger partial charge >= 0.3 is 0 Å². The number of rotatable bonds is 9. The Morgan fingerprint density at radius 3 is 2.68 bits per heavy atom. The molecule has 1 aliphatic rings. The predicted molar refractivity (Wildman–Crippen MR) is 166 cm³/mol. The second kappa shape index (κ2) is 12.6. The predicted octanol–water partition coefficient (Wildman–Crippen LogP) is 6.70. The zero-order valence-electron chi connectivity index (χ0n) is 24.1. The third kappa shape index (κ3) is 6.30. The molecule has 6 rings (SSSR count). The SMILES string of the molecule is C=CC(=O)N1CCC(Oc2cc3c(Nc4ccc(Oc5nc(-c6ccc(C)nc6)cs5)cc4F)ncnc3cc2OC)CC1. The summed E-state index contributed by atoms with van der Waals surface area (Å²) in [7, 11) is 1.56. The van der Waals surface area contributed by atoms with Crippen LogP contribution in [-0.4, -0.2) is 57.0 Å². The number of methoxy groups -OCH3 is 1. The first kappa shape index (κ1) is 29.0. The zero-order chi connectivity index (χ0) is 30.6. The normalized spacial score (nSPS) is 13.5. The van der Waals surface area contributed by atoms with Gasteiger partial charge in [-0.3, -0.25) is 9.78 Å². The van der Waals surface area contributed by atoms with Gasteiger partial charge in [0, 0.05) is 66.3 Å². The number of piperidine rings is 1. The topological polar surface area (TPSA) is 112 Å². The van der Waals surface area contributed by atoms with Gasteiger partial charge in [0.25, 0.3) is 5.19 Å². The van der Waals surface area contributed by atoms with E-state index in [1.807, 2.05) is 24.4 Å². The van der Waals surface area contributed by atoms with Gasteiger partial charge < -0.3 is 24.4 Å². The van der Waals surface area contributed by atoms with E-state index in [0.717, 1.165) is 17.0 Å². The van der Waals surface area contributed by atoms with Crippen LogP contribution in [0.1, 0.15) is 18.5 Å². The number of aromatic nitrogens is 4. The van der Waals surface area contributed by atoms with Crippen molar-refractivity contribution in [3.05, 3.63) is 84.5 Å². The molecule has 1 fully saturated rings. The lowest BCUT2D eigenvalue weighted by Gasteiger charge is -2.31. The second-order valence-electron chi connectivity index (χ2n) is 10.1. The number of likely N-dealkylation sites (tertiary alicyclic amines) is 1. The standard InChI is InChI=1S/C32H29FN6O4S/c1-4-30(40)39-11-9-21(10-12-39)42-29-14-23-26(15-28(29)41-3)35-18-36-31(23)37-25-8-7-22(13-24(25)33)43-32-38-27(17-44-32)20-6-5-19(2)34-16-20/h4-8,13-18,21H,1,9-12H2,2-3H3,(H,35,36,37). The number of nitrogens with zero attached hydrogens (tertiary/aromatic N) is 5. The Hall–Kier alpha value is -5.10. The van der Waals surface area contributed by atoms with Crippen molar-refractivity contribution in [1.29, 1.82) is 0 Å². The fourth-order valence-corrected chi connectivity index (χ4v) is 5.56. The largest absolute Gasteiger partial charge is 0.493 e. The highest BCUT2D eigenvalue weighted by molar-refractivity contribution is 7.11. The molecular formula is C32H29FN6O4S. The van der Waals surface area contributed by atoms with Crippen LogP contribution in [0.2, 0.25) is 0 Å². The van der Waals surface area contributed by atoms with Crippen LogP contribution < -0.4 is 19.5 Å². The molecule has 12 heteroatoms. The van der Waals surface area contributed by atoms with Gasteiger partial charge in [-0.1, -0.05) is 17.9 Å². The summed E-state index contributed by atoms with van der Waals surface area (Å²) in [5.74, 6) is 1.13. The summed E-state index contributed by atoms with van der Waals surface area (Å²) in [6.07, 6.45) is 5.71. The number of carbonyl (C=O) groups is 1. The van der Waals surface area contributed by atoms with Gasteiger partial charge in [0.15, 0.2) is 11.5 Å². The van der Waals surface area contributed by atoms with E-state index in [2.05, 4.69) is 31.8 Å². The first-order chi connectivity index (χ1) is 21.4. The van der Waals surface area contributed by atoms with Crippen LogP contribution in [0.4, 0.5) is 15.9 Å². The molecule has 4 heterocycles. The smallest absolute Gasteiger partial charge is 0.279 e. The lowest BCUT2D eigenvalue weighted by atomic mass is 10.1. The fraction of sp³-hybridized carbons (Fsp3) is 0.219. The highest BCUT2D eigenvalue weighted by atomic mass is 32.1. The summed E-state index contributed by atoms with van der Waals surface area (Å²) < 4.78 is 33.0. The first-order valence-electron chi connectivity index (χ1n) is 13.9. The summed E-state index contributed by atoms with van der Waals surface area (Å²) in [5, 5.41) is 5.97. The van der Waals surface area contributed by atoms with E-state index in [4.69, 9.17) is 14.2 Å². The molecule has 0 saturated carbocycles. The Labute approximate surface area is 257 Å². The van der Waals surface area contributed by atoms with Crippen molar-refractivity contribution in [1.82, 2.24) is 24.8 Å². The van der Waals surface area contributed by atoms with E-state index in [0.29, 0.717) is 65.1 Å². The maximum Gasteiger partial charge on any atom is 0.279 e. The number of halogens is 1. The van der Waals surface area contributed by atoms with Crippen LogP contribution >= 0.6 is 11.3 Å². The van der Waals surface area contributed by atoms with Crippen LogP contribution in [0.15, 0.2) is 73.0 Å². The minimum absolute atomic E-state index is 0.0837. The van der Waals surface area contributed by atoms with Crippen molar-refractivity contribution >= 4 is 39.7 Å². The number of amides is 1. The Morgan fingerprint density at radius 1 is 1.11 bits per heavy atom. The lowest BCUT2D eigenvalue weighted by Crippen LogP contribution is -2.41. The Bertz CT molecular complexity index is 1820. The molecule has 0 radical (unpaired) electrons. The molecule has 0 unspecified atom stereocenters. The molecule has 224 valence electrons. The van der Waals surface area contributed by atoms with Crippen molar-refractivity contribution in [2.75, 3.05) is 25.5 Å². The molecule has 10 nitrogen and oxygen atoms in total. The zero-order valence-corrected chi connectivity index (χ0v) is 24.9. The van der Waals surface area contributed by atoms with Gasteiger partial charge in [0.05, 0.1) is 24.0 Å². The second-order valence-corrected chi connectivity index (χ2v) is 11.0. The number of benzene rings is 2. The van der Waals surface area contributed by atoms with Crippen LogP contribution in [-0.2, 0) is 4.79 Å². The molecule has 2 aromatic carbocycles.